The Balaban J connectivity index is 3.67. The summed E-state index contributed by atoms with van der Waals surface area (Å²) in [4.78, 5) is 11.3. The molecular weight excluding hydrogens is 242 g/mol. The molecule has 0 rings (SSSR count). The predicted molar refractivity (Wildman–Crippen MR) is 78.5 cm³/mol. The Hall–Kier alpha value is -0.610. The van der Waals surface area contributed by atoms with Crippen LogP contribution in [-0.4, -0.2) is 36.4 Å². The number of aliphatic carboxylic acids is 1. The molecule has 0 aliphatic carbocycles. The third-order valence-corrected chi connectivity index (χ3v) is 3.34. The molecule has 0 aromatic carbocycles. The van der Waals surface area contributed by atoms with Gasteiger partial charge in [0.2, 0.25) is 0 Å². The number of rotatable bonds is 13. The Kier molecular flexibility index (Phi) is 10.9. The number of carbonyl (C=O) groups is 1. The lowest BCUT2D eigenvalue weighted by Crippen LogP contribution is -2.49. The van der Waals surface area contributed by atoms with E-state index in [0.717, 1.165) is 45.4 Å². The van der Waals surface area contributed by atoms with Gasteiger partial charge in [-0.1, -0.05) is 26.7 Å². The van der Waals surface area contributed by atoms with Crippen LogP contribution in [0.1, 0.15) is 65.7 Å². The van der Waals surface area contributed by atoms with Gasteiger partial charge in [-0.25, -0.2) is 0 Å². The van der Waals surface area contributed by atoms with E-state index in [1.165, 1.54) is 12.8 Å². The molecule has 4 heteroatoms. The van der Waals surface area contributed by atoms with E-state index in [0.29, 0.717) is 6.42 Å². The van der Waals surface area contributed by atoms with Crippen LogP contribution in [0.15, 0.2) is 0 Å². The third-order valence-electron chi connectivity index (χ3n) is 3.34. The Bertz CT molecular complexity index is 233. The van der Waals surface area contributed by atoms with Gasteiger partial charge in [0.05, 0.1) is 0 Å². The molecule has 0 spiro atoms. The highest BCUT2D eigenvalue weighted by molar-refractivity contribution is 5.78. The second-order valence-corrected chi connectivity index (χ2v) is 5.34. The molecule has 4 nitrogen and oxygen atoms in total. The van der Waals surface area contributed by atoms with Crippen LogP contribution in [0, 0.1) is 0 Å². The van der Waals surface area contributed by atoms with Gasteiger partial charge in [0, 0.05) is 13.2 Å². The van der Waals surface area contributed by atoms with Gasteiger partial charge in [-0.3, -0.25) is 4.79 Å². The molecule has 0 aliphatic rings. The maximum absolute atomic E-state index is 11.3. The zero-order valence-corrected chi connectivity index (χ0v) is 12.8. The maximum Gasteiger partial charge on any atom is 0.323 e. The topological polar surface area (TPSA) is 58.6 Å². The highest BCUT2D eigenvalue weighted by atomic mass is 16.5. The summed E-state index contributed by atoms with van der Waals surface area (Å²) in [6.07, 6.45) is 6.98. The lowest BCUT2D eigenvalue weighted by Gasteiger charge is -2.26. The number of hydrogen-bond acceptors (Lipinski definition) is 3. The van der Waals surface area contributed by atoms with E-state index < -0.39 is 11.5 Å². The highest BCUT2D eigenvalue weighted by Crippen LogP contribution is 2.14. The first-order valence-corrected chi connectivity index (χ1v) is 7.63. The second kappa shape index (κ2) is 11.2. The highest BCUT2D eigenvalue weighted by Gasteiger charge is 2.31. The smallest absolute Gasteiger partial charge is 0.323 e. The van der Waals surface area contributed by atoms with E-state index in [9.17, 15) is 9.90 Å². The summed E-state index contributed by atoms with van der Waals surface area (Å²) in [5.74, 6) is -0.759. The first-order chi connectivity index (χ1) is 9.06. The number of ether oxygens (including phenoxy) is 1. The number of carboxylic acid groups (broad SMARTS) is 1. The molecule has 0 aromatic rings. The Morgan fingerprint density at radius 3 is 2.26 bits per heavy atom. The van der Waals surface area contributed by atoms with Crippen LogP contribution in [-0.2, 0) is 9.53 Å². The molecular formula is C15H31NO3. The summed E-state index contributed by atoms with van der Waals surface area (Å²) in [5, 5.41) is 12.4. The fourth-order valence-corrected chi connectivity index (χ4v) is 1.91. The minimum Gasteiger partial charge on any atom is -0.480 e. The predicted octanol–water partition coefficient (Wildman–Crippen LogP) is 3.21. The van der Waals surface area contributed by atoms with Crippen LogP contribution >= 0.6 is 0 Å². The normalized spacial score (nSPS) is 14.3. The van der Waals surface area contributed by atoms with Crippen LogP contribution in [0.2, 0.25) is 0 Å². The van der Waals surface area contributed by atoms with Crippen molar-refractivity contribution >= 4 is 5.97 Å². The quantitative estimate of drug-likeness (QED) is 0.506. The maximum atomic E-state index is 11.3. The molecule has 0 saturated carbocycles. The van der Waals surface area contributed by atoms with Crippen molar-refractivity contribution in [2.24, 2.45) is 0 Å². The van der Waals surface area contributed by atoms with E-state index >= 15 is 0 Å². The summed E-state index contributed by atoms with van der Waals surface area (Å²) in [5.41, 5.74) is -0.793. The Morgan fingerprint density at radius 2 is 1.74 bits per heavy atom. The standard InChI is InChI=1S/C15H31NO3/c1-4-6-8-12-19-13-9-7-10-15(3,14(17)18)16-11-5-2/h16H,4-13H2,1-3H3,(H,17,18). The lowest BCUT2D eigenvalue weighted by atomic mass is 9.95. The third kappa shape index (κ3) is 9.00. The average molecular weight is 273 g/mol. The largest absolute Gasteiger partial charge is 0.480 e. The van der Waals surface area contributed by atoms with Gasteiger partial charge in [-0.05, 0) is 45.6 Å². The summed E-state index contributed by atoms with van der Waals surface area (Å²) < 4.78 is 5.52. The SMILES string of the molecule is CCCCCOCCCCC(C)(NCCC)C(=O)O. The first-order valence-electron chi connectivity index (χ1n) is 7.63. The van der Waals surface area contributed by atoms with Gasteiger partial charge in [0.15, 0.2) is 0 Å². The fraction of sp³-hybridized carbons (Fsp3) is 0.933. The summed E-state index contributed by atoms with van der Waals surface area (Å²) in [7, 11) is 0. The van der Waals surface area contributed by atoms with E-state index in [-0.39, 0.29) is 0 Å². The molecule has 1 atom stereocenters. The zero-order valence-electron chi connectivity index (χ0n) is 12.8. The summed E-state index contributed by atoms with van der Waals surface area (Å²) in [6.45, 7) is 8.31. The molecule has 114 valence electrons. The van der Waals surface area contributed by atoms with E-state index in [4.69, 9.17) is 4.74 Å². The number of nitrogens with one attached hydrogen (secondary N) is 1. The van der Waals surface area contributed by atoms with Gasteiger partial charge in [-0.15, -0.1) is 0 Å². The monoisotopic (exact) mass is 273 g/mol. The van der Waals surface area contributed by atoms with Gasteiger partial charge in [0.1, 0.15) is 5.54 Å². The molecule has 0 bridgehead atoms. The Labute approximate surface area is 117 Å². The summed E-state index contributed by atoms with van der Waals surface area (Å²) >= 11 is 0. The number of carboxylic acids is 1. The van der Waals surface area contributed by atoms with Gasteiger partial charge in [0.25, 0.3) is 0 Å². The van der Waals surface area contributed by atoms with Crippen molar-refractivity contribution in [2.75, 3.05) is 19.8 Å². The molecule has 1 unspecified atom stereocenters. The molecule has 2 N–H and O–H groups in total. The van der Waals surface area contributed by atoms with Crippen LogP contribution in [0.25, 0.3) is 0 Å². The molecule has 0 radical (unpaired) electrons. The van der Waals surface area contributed by atoms with E-state index in [1.54, 1.807) is 6.92 Å². The second-order valence-electron chi connectivity index (χ2n) is 5.34. The minimum absolute atomic E-state index is 0.653. The Morgan fingerprint density at radius 1 is 1.11 bits per heavy atom. The van der Waals surface area contributed by atoms with Crippen LogP contribution in [0.4, 0.5) is 0 Å². The average Bonchev–Trinajstić information content (AvgIpc) is 2.39. The van der Waals surface area contributed by atoms with Crippen molar-refractivity contribution in [1.82, 2.24) is 5.32 Å². The van der Waals surface area contributed by atoms with Crippen molar-refractivity contribution in [2.45, 2.75) is 71.3 Å². The van der Waals surface area contributed by atoms with Gasteiger partial charge >= 0.3 is 5.97 Å². The van der Waals surface area contributed by atoms with E-state index in [1.807, 2.05) is 6.92 Å². The fourth-order valence-electron chi connectivity index (χ4n) is 1.91. The van der Waals surface area contributed by atoms with Gasteiger partial charge in [-0.2, -0.15) is 0 Å². The lowest BCUT2D eigenvalue weighted by molar-refractivity contribution is -0.144. The van der Waals surface area contributed by atoms with Crippen molar-refractivity contribution < 1.29 is 14.6 Å². The molecule has 0 aliphatic heterocycles. The molecule has 19 heavy (non-hydrogen) atoms. The summed E-state index contributed by atoms with van der Waals surface area (Å²) in [6, 6.07) is 0. The first kappa shape index (κ1) is 18.4. The number of unbranched alkanes of at least 4 members (excludes halogenated alkanes) is 3. The van der Waals surface area contributed by atoms with Crippen LogP contribution in [0.5, 0.6) is 0 Å². The van der Waals surface area contributed by atoms with Crippen molar-refractivity contribution in [1.29, 1.82) is 0 Å². The van der Waals surface area contributed by atoms with Crippen molar-refractivity contribution in [3.63, 3.8) is 0 Å². The molecule has 0 fully saturated rings. The zero-order chi connectivity index (χ0) is 14.6. The molecule has 0 heterocycles. The van der Waals surface area contributed by atoms with E-state index in [2.05, 4.69) is 12.2 Å². The van der Waals surface area contributed by atoms with Gasteiger partial charge < -0.3 is 15.2 Å². The molecule has 0 aromatic heterocycles. The minimum atomic E-state index is -0.793. The molecule has 0 amide bonds. The van der Waals surface area contributed by atoms with Crippen molar-refractivity contribution in [3.8, 4) is 0 Å². The van der Waals surface area contributed by atoms with Crippen molar-refractivity contribution in [3.05, 3.63) is 0 Å². The van der Waals surface area contributed by atoms with Crippen LogP contribution in [0.3, 0.4) is 0 Å². The molecule has 0 saturated heterocycles. The number of hydrogen-bond donors (Lipinski definition) is 2. The van der Waals surface area contributed by atoms with Crippen LogP contribution < -0.4 is 5.32 Å².